The van der Waals surface area contributed by atoms with Crippen LogP contribution in [0.3, 0.4) is 0 Å². The molecule has 86 valence electrons. The summed E-state index contributed by atoms with van der Waals surface area (Å²) in [6.07, 6.45) is 2.28. The van der Waals surface area contributed by atoms with Gasteiger partial charge in [0.25, 0.3) is 0 Å². The van der Waals surface area contributed by atoms with Crippen LogP contribution < -0.4 is 0 Å². The van der Waals surface area contributed by atoms with Crippen molar-refractivity contribution in [2.75, 3.05) is 19.8 Å². The third-order valence-corrected chi connectivity index (χ3v) is 2.77. The minimum Gasteiger partial charge on any atom is -0.381 e. The Kier molecular flexibility index (Phi) is 4.75. The number of hydrogen-bond donors (Lipinski definition) is 0. The van der Waals surface area contributed by atoms with Gasteiger partial charge in [-0.1, -0.05) is 6.92 Å². The highest BCUT2D eigenvalue weighted by atomic mass is 16.5. The number of carbonyl (C=O) groups excluding carboxylic acids is 2. The maximum atomic E-state index is 11.5. The normalized spacial score (nSPS) is 17.5. The number of imide groups is 1. The first-order chi connectivity index (χ1) is 7.15. The highest BCUT2D eigenvalue weighted by molar-refractivity contribution is 5.93. The van der Waals surface area contributed by atoms with Crippen LogP contribution in [-0.4, -0.2) is 36.5 Å². The molecule has 1 fully saturated rings. The molecule has 4 nitrogen and oxygen atoms in total. The minimum atomic E-state index is -0.145. The predicted molar refractivity (Wildman–Crippen MR) is 56.2 cm³/mol. The molecule has 0 spiro atoms. The Hall–Kier alpha value is -0.900. The van der Waals surface area contributed by atoms with Crippen molar-refractivity contribution in [2.24, 2.45) is 5.92 Å². The van der Waals surface area contributed by atoms with E-state index in [1.54, 1.807) is 6.92 Å². The van der Waals surface area contributed by atoms with Crippen LogP contribution in [0.1, 0.15) is 33.1 Å². The molecule has 0 unspecified atom stereocenters. The number of amides is 2. The summed E-state index contributed by atoms with van der Waals surface area (Å²) in [6, 6.07) is 0. The van der Waals surface area contributed by atoms with Crippen molar-refractivity contribution >= 4 is 11.8 Å². The highest BCUT2D eigenvalue weighted by Gasteiger charge is 2.22. The number of hydrogen-bond acceptors (Lipinski definition) is 3. The van der Waals surface area contributed by atoms with Crippen molar-refractivity contribution in [2.45, 2.75) is 33.1 Å². The average molecular weight is 213 g/mol. The fraction of sp³-hybridized carbons (Fsp3) is 0.818. The van der Waals surface area contributed by atoms with Gasteiger partial charge in [0, 0.05) is 33.1 Å². The van der Waals surface area contributed by atoms with Crippen molar-refractivity contribution in [1.29, 1.82) is 0 Å². The smallest absolute Gasteiger partial charge is 0.228 e. The molecular weight excluding hydrogens is 194 g/mol. The summed E-state index contributed by atoms with van der Waals surface area (Å²) in [5.74, 6) is 0.195. The van der Waals surface area contributed by atoms with Gasteiger partial charge < -0.3 is 4.74 Å². The average Bonchev–Trinajstić information content (AvgIpc) is 2.26. The Morgan fingerprint density at radius 2 is 1.93 bits per heavy atom. The third-order valence-electron chi connectivity index (χ3n) is 2.77. The Labute approximate surface area is 90.6 Å². The maximum absolute atomic E-state index is 11.5. The maximum Gasteiger partial charge on any atom is 0.228 e. The Balaban J connectivity index is 2.49. The Morgan fingerprint density at radius 1 is 1.33 bits per heavy atom. The van der Waals surface area contributed by atoms with Crippen molar-refractivity contribution in [3.63, 3.8) is 0 Å². The lowest BCUT2D eigenvalue weighted by atomic mass is 9.99. The number of rotatable bonds is 3. The molecule has 0 aromatic carbocycles. The lowest BCUT2D eigenvalue weighted by molar-refractivity contribution is -0.144. The van der Waals surface area contributed by atoms with E-state index in [4.69, 9.17) is 4.74 Å². The van der Waals surface area contributed by atoms with Gasteiger partial charge in [-0.05, 0) is 18.8 Å². The summed E-state index contributed by atoms with van der Waals surface area (Å²) in [5.41, 5.74) is 0. The lowest BCUT2D eigenvalue weighted by Gasteiger charge is -2.27. The molecule has 0 bridgehead atoms. The monoisotopic (exact) mass is 213 g/mol. The molecular formula is C11H19NO3. The van der Waals surface area contributed by atoms with Gasteiger partial charge in [-0.15, -0.1) is 0 Å². The first-order valence-electron chi connectivity index (χ1n) is 5.53. The van der Waals surface area contributed by atoms with Gasteiger partial charge in [-0.2, -0.15) is 0 Å². The molecule has 0 aliphatic carbocycles. The van der Waals surface area contributed by atoms with E-state index in [2.05, 4.69) is 0 Å². The van der Waals surface area contributed by atoms with Crippen LogP contribution >= 0.6 is 0 Å². The quantitative estimate of drug-likeness (QED) is 0.707. The third kappa shape index (κ3) is 3.63. The van der Waals surface area contributed by atoms with Crippen LogP contribution in [0.2, 0.25) is 0 Å². The van der Waals surface area contributed by atoms with E-state index in [1.807, 2.05) is 0 Å². The van der Waals surface area contributed by atoms with Gasteiger partial charge in [-0.25, -0.2) is 0 Å². The number of carbonyl (C=O) groups is 2. The molecule has 0 saturated carbocycles. The van der Waals surface area contributed by atoms with E-state index in [0.29, 0.717) is 18.9 Å². The minimum absolute atomic E-state index is 0.0750. The van der Waals surface area contributed by atoms with Gasteiger partial charge in [-0.3, -0.25) is 14.5 Å². The lowest BCUT2D eigenvalue weighted by Crippen LogP contribution is -2.39. The second kappa shape index (κ2) is 5.85. The molecule has 0 radical (unpaired) electrons. The summed E-state index contributed by atoms with van der Waals surface area (Å²) < 4.78 is 5.24. The zero-order valence-corrected chi connectivity index (χ0v) is 9.49. The zero-order valence-electron chi connectivity index (χ0n) is 9.49. The highest BCUT2D eigenvalue weighted by Crippen LogP contribution is 2.16. The van der Waals surface area contributed by atoms with Crippen molar-refractivity contribution in [3.05, 3.63) is 0 Å². The summed E-state index contributed by atoms with van der Waals surface area (Å²) in [7, 11) is 0. The molecule has 0 aromatic rings. The van der Waals surface area contributed by atoms with Gasteiger partial charge >= 0.3 is 0 Å². The van der Waals surface area contributed by atoms with E-state index in [-0.39, 0.29) is 11.8 Å². The summed E-state index contributed by atoms with van der Waals surface area (Å²) >= 11 is 0. The van der Waals surface area contributed by atoms with Crippen LogP contribution in [-0.2, 0) is 14.3 Å². The summed E-state index contributed by atoms with van der Waals surface area (Å²) in [6.45, 7) is 5.29. The van der Waals surface area contributed by atoms with E-state index >= 15 is 0 Å². The van der Waals surface area contributed by atoms with Gasteiger partial charge in [0.1, 0.15) is 0 Å². The topological polar surface area (TPSA) is 46.6 Å². The molecule has 0 atom stereocenters. The molecule has 0 aromatic heterocycles. The first kappa shape index (κ1) is 12.2. The van der Waals surface area contributed by atoms with Crippen molar-refractivity contribution in [1.82, 2.24) is 4.90 Å². The van der Waals surface area contributed by atoms with Crippen LogP contribution in [0, 0.1) is 5.92 Å². The largest absolute Gasteiger partial charge is 0.381 e. The molecule has 0 N–H and O–H groups in total. The summed E-state index contributed by atoms with van der Waals surface area (Å²) in [4.78, 5) is 24.2. The fourth-order valence-electron chi connectivity index (χ4n) is 1.78. The fourth-order valence-corrected chi connectivity index (χ4v) is 1.78. The first-order valence-corrected chi connectivity index (χ1v) is 5.53. The summed E-state index contributed by atoms with van der Waals surface area (Å²) in [5, 5.41) is 0. The van der Waals surface area contributed by atoms with Crippen molar-refractivity contribution < 1.29 is 14.3 Å². The molecule has 1 aliphatic heterocycles. The molecule has 15 heavy (non-hydrogen) atoms. The van der Waals surface area contributed by atoms with E-state index < -0.39 is 0 Å². The predicted octanol–water partition coefficient (Wildman–Crippen LogP) is 1.20. The standard InChI is InChI=1S/C11H19NO3/c1-3-11(14)12(9(2)13)8-10-4-6-15-7-5-10/h10H,3-8H2,1-2H3. The second-order valence-electron chi connectivity index (χ2n) is 3.93. The van der Waals surface area contributed by atoms with Gasteiger partial charge in [0.05, 0.1) is 0 Å². The second-order valence-corrected chi connectivity index (χ2v) is 3.93. The van der Waals surface area contributed by atoms with Crippen LogP contribution in [0.25, 0.3) is 0 Å². The van der Waals surface area contributed by atoms with E-state index in [9.17, 15) is 9.59 Å². The van der Waals surface area contributed by atoms with Gasteiger partial charge in [0.2, 0.25) is 11.8 Å². The van der Waals surface area contributed by atoms with Crippen LogP contribution in [0.15, 0.2) is 0 Å². The van der Waals surface area contributed by atoms with Gasteiger partial charge in [0.15, 0.2) is 0 Å². The zero-order chi connectivity index (χ0) is 11.3. The van der Waals surface area contributed by atoms with Crippen LogP contribution in [0.5, 0.6) is 0 Å². The molecule has 1 heterocycles. The molecule has 1 rings (SSSR count). The molecule has 4 heteroatoms. The Bertz CT molecular complexity index is 234. The molecule has 1 aliphatic rings. The SMILES string of the molecule is CCC(=O)N(CC1CCOCC1)C(C)=O. The van der Waals surface area contributed by atoms with Crippen molar-refractivity contribution in [3.8, 4) is 0 Å². The molecule has 2 amide bonds. The van der Waals surface area contributed by atoms with E-state index in [1.165, 1.54) is 11.8 Å². The Morgan fingerprint density at radius 3 is 2.40 bits per heavy atom. The van der Waals surface area contributed by atoms with E-state index in [0.717, 1.165) is 26.1 Å². The van der Waals surface area contributed by atoms with Crippen LogP contribution in [0.4, 0.5) is 0 Å². The number of nitrogens with zero attached hydrogens (tertiary/aromatic N) is 1. The molecule has 1 saturated heterocycles. The number of ether oxygens (including phenoxy) is 1.